The van der Waals surface area contributed by atoms with E-state index < -0.39 is 6.83 Å². The summed E-state index contributed by atoms with van der Waals surface area (Å²) in [6, 6.07) is 79.2. The number of hydrogen-bond donors (Lipinski definition) is 3. The topological polar surface area (TPSA) is 79.2 Å². The molecule has 0 saturated carbocycles. The Morgan fingerprint density at radius 3 is 0.857 bits per heavy atom. The van der Waals surface area contributed by atoms with Crippen LogP contribution in [0.15, 0.2) is 237 Å². The molecule has 0 aliphatic rings. The fourth-order valence-electron chi connectivity index (χ4n) is 9.08. The first-order valence-electron chi connectivity index (χ1n) is 21.0. The molecule has 0 aliphatic carbocycles. The first-order chi connectivity index (χ1) is 30.9. The zero-order valence-corrected chi connectivity index (χ0v) is 35.7. The van der Waals surface area contributed by atoms with Crippen LogP contribution in [-0.4, -0.2) is 22.4 Å². The zero-order valence-electron chi connectivity index (χ0n) is 34.8. The van der Waals surface area contributed by atoms with Crippen molar-refractivity contribution in [3.63, 3.8) is 0 Å². The molecule has 0 fully saturated rings. The van der Waals surface area contributed by atoms with Crippen LogP contribution in [0.1, 0.15) is 45.2 Å². The second-order valence-electron chi connectivity index (χ2n) is 15.7. The maximum atomic E-state index is 10.4. The van der Waals surface area contributed by atoms with Crippen LogP contribution < -0.4 is 30.5 Å². The molecule has 3 N–H and O–H groups in total. The number of benzene rings is 9. The fraction of sp³-hybridized carbons (Fsp3) is 0.0526. The van der Waals surface area contributed by atoms with Crippen LogP contribution in [0.25, 0.3) is 0 Å². The first kappa shape index (κ1) is 40.8. The predicted octanol–water partition coefficient (Wildman–Crippen LogP) is 11.3. The van der Waals surface area contributed by atoms with Crippen molar-refractivity contribution >= 4 is 28.0 Å². The average Bonchev–Trinajstić information content (AvgIpc) is 3.35. The Bertz CT molecular complexity index is 2740. The van der Waals surface area contributed by atoms with Crippen LogP contribution >= 0.6 is 6.83 Å². The van der Waals surface area contributed by atoms with Crippen LogP contribution in [0.5, 0.6) is 28.7 Å². The number of rotatable bonds is 13. The summed E-state index contributed by atoms with van der Waals surface area (Å²) in [5, 5.41) is 34.8. The van der Waals surface area contributed by atoms with Gasteiger partial charge in [-0.3, -0.25) is 0 Å². The van der Waals surface area contributed by atoms with E-state index in [1.807, 2.05) is 66.7 Å². The van der Waals surface area contributed by atoms with Gasteiger partial charge in [0.2, 0.25) is 0 Å². The minimum atomic E-state index is -4.04. The quantitative estimate of drug-likeness (QED) is 0.0796. The van der Waals surface area contributed by atoms with E-state index in [4.69, 9.17) is 9.26 Å². The maximum absolute atomic E-state index is 10.4. The molecule has 0 radical (unpaired) electrons. The van der Waals surface area contributed by atoms with Gasteiger partial charge in [0.1, 0.15) is 11.5 Å². The minimum absolute atomic E-state index is 0.134. The number of methoxy groups -OCH3 is 1. The van der Waals surface area contributed by atoms with E-state index in [9.17, 15) is 15.3 Å². The average molecular weight is 843 g/mol. The van der Waals surface area contributed by atoms with Gasteiger partial charge in [-0.05, 0) is 24.3 Å². The van der Waals surface area contributed by atoms with E-state index in [0.717, 1.165) is 60.3 Å². The normalized spacial score (nSPS) is 12.5. The number of ether oxygens (including phenoxy) is 1. The van der Waals surface area contributed by atoms with Gasteiger partial charge in [-0.15, -0.1) is 0 Å². The molecular formula is C57H47O5P. The van der Waals surface area contributed by atoms with E-state index in [0.29, 0.717) is 5.75 Å². The van der Waals surface area contributed by atoms with E-state index in [1.165, 1.54) is 0 Å². The second-order valence-corrected chi connectivity index (χ2v) is 20.0. The Hall–Kier alpha value is -7.59. The van der Waals surface area contributed by atoms with E-state index in [1.54, 1.807) is 43.5 Å². The van der Waals surface area contributed by atoms with Gasteiger partial charge in [-0.1, -0.05) is 24.3 Å². The van der Waals surface area contributed by atoms with Gasteiger partial charge in [0.15, 0.2) is 0 Å². The zero-order chi connectivity index (χ0) is 43.3. The molecule has 310 valence electrons. The molecule has 0 bridgehead atoms. The van der Waals surface area contributed by atoms with E-state index in [2.05, 4.69) is 133 Å². The van der Waals surface area contributed by atoms with Crippen LogP contribution in [0, 0.1) is 0 Å². The first-order valence-corrected chi connectivity index (χ1v) is 23.1. The third kappa shape index (κ3) is 7.58. The van der Waals surface area contributed by atoms with Crippen molar-refractivity contribution in [2.75, 3.05) is 7.11 Å². The summed E-state index contributed by atoms with van der Waals surface area (Å²) in [7, 11) is 1.69. The number of hydrogen-bond acceptors (Lipinski definition) is 5. The van der Waals surface area contributed by atoms with Crippen molar-refractivity contribution in [1.29, 1.82) is 0 Å². The molecule has 0 amide bonds. The monoisotopic (exact) mass is 842 g/mol. The van der Waals surface area contributed by atoms with Gasteiger partial charge in [0, 0.05) is 0 Å². The molecule has 0 aromatic heterocycles. The van der Waals surface area contributed by atoms with Gasteiger partial charge in [-0.2, -0.15) is 0 Å². The molecule has 9 rings (SSSR count). The number of phenols is 3. The van der Waals surface area contributed by atoms with Gasteiger partial charge in [0.05, 0.1) is 0 Å². The summed E-state index contributed by atoms with van der Waals surface area (Å²) in [5.74, 6) is 1.78. The molecule has 1 unspecified atom stereocenters. The Labute approximate surface area is 368 Å². The summed E-state index contributed by atoms with van der Waals surface area (Å²) in [6.07, 6.45) is 0. The standard InChI is InChI=1S/C57H47O5P/c1-61-50-37-39-55(40-38-50)63(52-11-5-2-6-12-52,53-13-7-3-8-14-53,54-15-9-4-10-16-54)62-51-35-27-46(28-36-51)57(45-25-33-49(60)34-26-45)42-19-17-41(18-20-42)56(43-21-29-47(58)30-22-43)44-23-31-48(59)32-24-44/h2-40,56-60H,1H3. The molecule has 6 heteroatoms. The molecule has 9 aromatic carbocycles. The second kappa shape index (κ2) is 17.4. The van der Waals surface area contributed by atoms with Crippen molar-refractivity contribution in [3.05, 3.63) is 270 Å². The molecule has 9 aromatic rings. The third-order valence-electron chi connectivity index (χ3n) is 12.1. The molecular weight excluding hydrogens is 796 g/mol. The summed E-state index contributed by atoms with van der Waals surface area (Å²) in [6.45, 7) is -4.04. The van der Waals surface area contributed by atoms with Gasteiger partial charge in [0.25, 0.3) is 0 Å². The van der Waals surface area contributed by atoms with Crippen molar-refractivity contribution in [1.82, 2.24) is 0 Å². The predicted molar refractivity (Wildman–Crippen MR) is 257 cm³/mol. The van der Waals surface area contributed by atoms with Crippen molar-refractivity contribution < 1.29 is 24.6 Å². The van der Waals surface area contributed by atoms with E-state index >= 15 is 0 Å². The Balaban J connectivity index is 1.18. The fourth-order valence-corrected chi connectivity index (χ4v) is 14.8. The van der Waals surface area contributed by atoms with E-state index in [-0.39, 0.29) is 29.1 Å². The van der Waals surface area contributed by atoms with Crippen LogP contribution in [-0.2, 0) is 0 Å². The van der Waals surface area contributed by atoms with Crippen molar-refractivity contribution in [2.24, 2.45) is 0 Å². The van der Waals surface area contributed by atoms with Gasteiger partial charge >= 0.3 is 300 Å². The van der Waals surface area contributed by atoms with Gasteiger partial charge in [-0.25, -0.2) is 0 Å². The van der Waals surface area contributed by atoms with Crippen molar-refractivity contribution in [3.8, 4) is 28.7 Å². The number of aromatic hydroxyl groups is 3. The SMILES string of the molecule is COc1ccc(P(Oc2ccc(C(c3ccc(O)cc3)c3ccc(C(c4ccc(O)cc4)c4ccc(O)cc4)cc3)cc2)(c2ccccc2)(c2ccccc2)c2ccccc2)cc1. The summed E-state index contributed by atoms with van der Waals surface area (Å²) in [5.41, 5.74) is 6.26. The van der Waals surface area contributed by atoms with Crippen LogP contribution in [0.4, 0.5) is 0 Å². The molecule has 0 heterocycles. The Morgan fingerprint density at radius 2 is 0.556 bits per heavy atom. The molecule has 0 spiro atoms. The third-order valence-corrected chi connectivity index (χ3v) is 17.8. The molecule has 0 saturated heterocycles. The van der Waals surface area contributed by atoms with Gasteiger partial charge < -0.3 is 10.2 Å². The van der Waals surface area contributed by atoms with Crippen LogP contribution in [0.3, 0.4) is 0 Å². The molecule has 0 aliphatic heterocycles. The summed E-state index contributed by atoms with van der Waals surface area (Å²) in [4.78, 5) is 0. The van der Waals surface area contributed by atoms with Crippen LogP contribution in [0.2, 0.25) is 0 Å². The number of phenolic OH excluding ortho intramolecular Hbond substituents is 3. The van der Waals surface area contributed by atoms with Crippen molar-refractivity contribution in [2.45, 2.75) is 11.8 Å². The summed E-state index contributed by atoms with van der Waals surface area (Å²) < 4.78 is 13.6. The Kier molecular flexibility index (Phi) is 11.3. The molecule has 5 nitrogen and oxygen atoms in total. The Morgan fingerprint density at radius 1 is 0.302 bits per heavy atom. The molecule has 63 heavy (non-hydrogen) atoms. The molecule has 1 atom stereocenters. The summed E-state index contributed by atoms with van der Waals surface area (Å²) >= 11 is 0.